The molecule has 0 amide bonds. The molecule has 0 saturated carbocycles. The predicted octanol–water partition coefficient (Wildman–Crippen LogP) is -4.80. The fourth-order valence-electron chi connectivity index (χ4n) is 0.790. The van der Waals surface area contributed by atoms with Crippen LogP contribution < -0.4 is 56.5 Å². The summed E-state index contributed by atoms with van der Waals surface area (Å²) in [4.78, 5) is 29.3. The summed E-state index contributed by atoms with van der Waals surface area (Å²) in [5.74, 6) is -4.51. The van der Waals surface area contributed by atoms with Gasteiger partial charge in [0.05, 0.1) is 5.97 Å². The molecule has 0 aromatic rings. The van der Waals surface area contributed by atoms with Crippen molar-refractivity contribution in [1.82, 2.24) is 0 Å². The molecule has 0 aliphatic carbocycles. The number of carbonyl (C=O) groups excluding carboxylic acids is 1. The van der Waals surface area contributed by atoms with E-state index >= 15 is 0 Å². The summed E-state index contributed by atoms with van der Waals surface area (Å²) in [7, 11) is 0. The largest absolute Gasteiger partial charge is 1.00 e. The average molecular weight is 304 g/mol. The van der Waals surface area contributed by atoms with Crippen molar-refractivity contribution in [1.29, 1.82) is 0 Å². The first-order valence-electron chi connectivity index (χ1n) is 5.25. The van der Waals surface area contributed by atoms with E-state index in [9.17, 15) is 19.5 Å². The van der Waals surface area contributed by atoms with E-state index in [0.29, 0.717) is 6.42 Å². The van der Waals surface area contributed by atoms with Crippen LogP contribution in [0.1, 0.15) is 32.6 Å². The second kappa shape index (κ2) is 14.4. The molecule has 0 aromatic carbocycles. The Morgan fingerprint density at radius 1 is 1.05 bits per heavy atom. The second-order valence-corrected chi connectivity index (χ2v) is 3.40. The molecule has 2 atom stereocenters. The molecule has 0 saturated heterocycles. The summed E-state index contributed by atoms with van der Waals surface area (Å²) in [6, 6.07) is 0. The van der Waals surface area contributed by atoms with Crippen molar-refractivity contribution in [2.45, 2.75) is 44.8 Å². The quantitative estimate of drug-likeness (QED) is 0.270. The molecule has 0 aliphatic heterocycles. The fraction of sp³-hybridized carbons (Fsp3) is 0.700. The number of carboxylic acids is 3. The first-order chi connectivity index (χ1) is 8.23. The summed E-state index contributed by atoms with van der Waals surface area (Å²) in [5, 5.41) is 42.3. The van der Waals surface area contributed by atoms with Gasteiger partial charge in [0.15, 0.2) is 6.10 Å². The van der Waals surface area contributed by atoms with Gasteiger partial charge in [0.2, 0.25) is 0 Å². The van der Waals surface area contributed by atoms with Crippen LogP contribution in [0.25, 0.3) is 0 Å². The Balaban J connectivity index is -0.000000262. The van der Waals surface area contributed by atoms with Crippen LogP contribution in [0.3, 0.4) is 0 Å². The molecule has 0 spiro atoms. The van der Waals surface area contributed by atoms with Crippen molar-refractivity contribution in [2.75, 3.05) is 0 Å². The van der Waals surface area contributed by atoms with Crippen LogP contribution >= 0.6 is 0 Å². The topological polar surface area (TPSA) is 155 Å². The van der Waals surface area contributed by atoms with Crippen molar-refractivity contribution in [3.8, 4) is 0 Å². The molecule has 0 rings (SSSR count). The standard InChI is InChI=1S/C6H12O2.C4H6O6.K/c1-2-3-4-5-6(7)8;5-1(3(7)8)2(6)4(9)10;/h2-5H2,1H3,(H,7,8);1-2,5-6H,(H,7,8)(H,9,10);/q;;+1/p-1. The van der Waals surface area contributed by atoms with Gasteiger partial charge < -0.3 is 30.3 Å². The van der Waals surface area contributed by atoms with Crippen LogP contribution in [0.5, 0.6) is 0 Å². The normalized spacial score (nSPS) is 12.2. The third-order valence-electron chi connectivity index (χ3n) is 1.79. The number of aliphatic carboxylic acids is 3. The van der Waals surface area contributed by atoms with Crippen molar-refractivity contribution in [3.63, 3.8) is 0 Å². The minimum absolute atomic E-state index is 0. The number of aliphatic hydroxyl groups is 2. The molecule has 8 nitrogen and oxygen atoms in total. The molecule has 4 N–H and O–H groups in total. The van der Waals surface area contributed by atoms with Gasteiger partial charge in [-0.15, -0.1) is 0 Å². The molecule has 9 heteroatoms. The maximum absolute atomic E-state index is 9.87. The Kier molecular flexibility index (Phi) is 18.2. The van der Waals surface area contributed by atoms with Gasteiger partial charge in [-0.25, -0.2) is 4.79 Å². The van der Waals surface area contributed by atoms with E-state index in [2.05, 4.69) is 6.92 Å². The fourth-order valence-corrected chi connectivity index (χ4v) is 0.790. The number of carboxylic acid groups (broad SMARTS) is 3. The Morgan fingerprint density at radius 3 is 1.74 bits per heavy atom. The van der Waals surface area contributed by atoms with Gasteiger partial charge >= 0.3 is 63.3 Å². The number of carbonyl (C=O) groups is 3. The van der Waals surface area contributed by atoms with Gasteiger partial charge in [-0.05, 0) is 6.42 Å². The third kappa shape index (κ3) is 15.9. The van der Waals surface area contributed by atoms with Crippen LogP contribution in [0.15, 0.2) is 0 Å². The Labute approximate surface area is 152 Å². The Bertz CT molecular complexity index is 263. The molecule has 0 radical (unpaired) electrons. The molecule has 0 fully saturated rings. The first-order valence-corrected chi connectivity index (χ1v) is 5.25. The van der Waals surface area contributed by atoms with Crippen LogP contribution in [0.4, 0.5) is 0 Å². The first kappa shape index (κ1) is 24.0. The van der Waals surface area contributed by atoms with E-state index < -0.39 is 30.1 Å². The van der Waals surface area contributed by atoms with E-state index in [1.165, 1.54) is 0 Å². The maximum Gasteiger partial charge on any atom is 1.00 e. The predicted molar refractivity (Wildman–Crippen MR) is 56.4 cm³/mol. The Morgan fingerprint density at radius 2 is 1.53 bits per heavy atom. The zero-order valence-corrected chi connectivity index (χ0v) is 14.0. The van der Waals surface area contributed by atoms with Crippen molar-refractivity contribution in [3.05, 3.63) is 0 Å². The molecule has 106 valence electrons. The number of rotatable bonds is 7. The third-order valence-corrected chi connectivity index (χ3v) is 1.79. The minimum Gasteiger partial charge on any atom is -0.547 e. The van der Waals surface area contributed by atoms with E-state index in [1.54, 1.807) is 0 Å². The summed E-state index contributed by atoms with van der Waals surface area (Å²) < 4.78 is 0. The van der Waals surface area contributed by atoms with E-state index in [0.717, 1.165) is 19.3 Å². The number of aliphatic hydroxyl groups excluding tert-OH is 2. The number of hydrogen-bond donors (Lipinski definition) is 4. The van der Waals surface area contributed by atoms with Crippen molar-refractivity contribution >= 4 is 17.9 Å². The van der Waals surface area contributed by atoms with Crippen LogP contribution in [-0.4, -0.2) is 50.5 Å². The zero-order valence-electron chi connectivity index (χ0n) is 10.9. The number of unbranched alkanes of at least 4 members (excludes halogenated alkanes) is 2. The van der Waals surface area contributed by atoms with E-state index in [4.69, 9.17) is 20.4 Å². The SMILES string of the molecule is CCCCCC(=O)O.O=C([O-])C(O)C(O)C(=O)O.[K+]. The van der Waals surface area contributed by atoms with E-state index in [1.807, 2.05) is 0 Å². The van der Waals surface area contributed by atoms with Gasteiger partial charge in [-0.2, -0.15) is 0 Å². The second-order valence-electron chi connectivity index (χ2n) is 3.40. The summed E-state index contributed by atoms with van der Waals surface area (Å²) in [6.45, 7) is 2.06. The molecule has 19 heavy (non-hydrogen) atoms. The zero-order chi connectivity index (χ0) is 14.7. The Hall–Kier alpha value is -0.0336. The summed E-state index contributed by atoms with van der Waals surface area (Å²) in [6.07, 6.45) is -1.43. The van der Waals surface area contributed by atoms with E-state index in [-0.39, 0.29) is 51.4 Å². The van der Waals surface area contributed by atoms with Gasteiger partial charge in [0, 0.05) is 6.42 Å². The molecular formula is C10H17KO8. The average Bonchev–Trinajstić information content (AvgIpc) is 2.27. The maximum atomic E-state index is 9.87. The van der Waals surface area contributed by atoms with Crippen molar-refractivity contribution < 1.29 is 91.3 Å². The van der Waals surface area contributed by atoms with Crippen LogP contribution in [0.2, 0.25) is 0 Å². The molecular weight excluding hydrogens is 287 g/mol. The monoisotopic (exact) mass is 304 g/mol. The molecule has 2 unspecified atom stereocenters. The van der Waals surface area contributed by atoms with Gasteiger partial charge in [0.1, 0.15) is 6.10 Å². The molecule has 0 bridgehead atoms. The number of hydrogen-bond acceptors (Lipinski definition) is 6. The van der Waals surface area contributed by atoms with Crippen LogP contribution in [0, 0.1) is 0 Å². The molecule has 0 aromatic heterocycles. The summed E-state index contributed by atoms with van der Waals surface area (Å²) >= 11 is 0. The van der Waals surface area contributed by atoms with Crippen molar-refractivity contribution in [2.24, 2.45) is 0 Å². The smallest absolute Gasteiger partial charge is 0.547 e. The molecule has 0 aliphatic rings. The van der Waals surface area contributed by atoms with Gasteiger partial charge in [0.25, 0.3) is 0 Å². The minimum atomic E-state index is -2.38. The molecule has 0 heterocycles. The summed E-state index contributed by atoms with van der Waals surface area (Å²) in [5.41, 5.74) is 0. The van der Waals surface area contributed by atoms with Crippen LogP contribution in [-0.2, 0) is 14.4 Å². The van der Waals surface area contributed by atoms with Gasteiger partial charge in [-0.3, -0.25) is 4.79 Å². The van der Waals surface area contributed by atoms with Gasteiger partial charge in [-0.1, -0.05) is 19.8 Å².